The molecule has 5 nitrogen and oxygen atoms in total. The van der Waals surface area contributed by atoms with Crippen molar-refractivity contribution in [3.05, 3.63) is 53.3 Å². The van der Waals surface area contributed by atoms with E-state index in [2.05, 4.69) is 70.2 Å². The predicted octanol–water partition coefficient (Wildman–Crippen LogP) is 2.68. The molecule has 0 amide bonds. The fourth-order valence-electron chi connectivity index (χ4n) is 3.80. The Bertz CT molecular complexity index is 655. The molecule has 1 aliphatic heterocycles. The van der Waals surface area contributed by atoms with E-state index in [4.69, 9.17) is 0 Å². The number of nitrogens with one attached hydrogen (secondary N) is 1. The Morgan fingerprint density at radius 1 is 1.19 bits per heavy atom. The molecule has 142 valence electrons. The molecule has 0 radical (unpaired) electrons. The number of aromatic amines is 1. The van der Waals surface area contributed by atoms with Gasteiger partial charge in [0.15, 0.2) is 0 Å². The molecule has 2 heterocycles. The molecule has 26 heavy (non-hydrogen) atoms. The Hall–Kier alpha value is -1.69. The number of nitrogens with zero attached hydrogens (tertiary/aromatic N) is 3. The maximum Gasteiger partial charge on any atom is 0.0628 e. The van der Waals surface area contributed by atoms with E-state index >= 15 is 0 Å². The van der Waals surface area contributed by atoms with Gasteiger partial charge < -0.3 is 5.11 Å². The van der Waals surface area contributed by atoms with E-state index in [0.29, 0.717) is 12.0 Å². The second-order valence-electron chi connectivity index (χ2n) is 7.84. The van der Waals surface area contributed by atoms with Crippen molar-refractivity contribution in [1.29, 1.82) is 0 Å². The maximum absolute atomic E-state index is 9.50. The minimum atomic E-state index is 0.242. The zero-order chi connectivity index (χ0) is 18.4. The summed E-state index contributed by atoms with van der Waals surface area (Å²) in [5.41, 5.74) is 3.69. The van der Waals surface area contributed by atoms with Crippen LogP contribution in [-0.2, 0) is 19.5 Å². The predicted molar refractivity (Wildman–Crippen MR) is 105 cm³/mol. The van der Waals surface area contributed by atoms with Crippen LogP contribution in [0.1, 0.15) is 37.2 Å². The van der Waals surface area contributed by atoms with Gasteiger partial charge in [-0.15, -0.1) is 0 Å². The summed E-state index contributed by atoms with van der Waals surface area (Å²) in [5.74, 6) is 0.626. The van der Waals surface area contributed by atoms with Crippen LogP contribution < -0.4 is 0 Å². The molecule has 1 atom stereocenters. The van der Waals surface area contributed by atoms with E-state index in [0.717, 1.165) is 51.3 Å². The Balaban J connectivity index is 1.57. The molecule has 1 saturated heterocycles. The summed E-state index contributed by atoms with van der Waals surface area (Å²) in [6.07, 6.45) is 1.85. The largest absolute Gasteiger partial charge is 0.396 e. The molecule has 1 aliphatic rings. The third kappa shape index (κ3) is 5.40. The summed E-state index contributed by atoms with van der Waals surface area (Å²) in [6.45, 7) is 9.63. The Labute approximate surface area is 157 Å². The topological polar surface area (TPSA) is 55.4 Å². The van der Waals surface area contributed by atoms with Gasteiger partial charge in [-0.3, -0.25) is 14.9 Å². The summed E-state index contributed by atoms with van der Waals surface area (Å²) >= 11 is 0. The molecule has 1 fully saturated rings. The fraction of sp³-hybridized carbons (Fsp3) is 0.571. The summed E-state index contributed by atoms with van der Waals surface area (Å²) < 4.78 is 0. The van der Waals surface area contributed by atoms with E-state index in [9.17, 15) is 5.11 Å². The normalized spacial score (nSPS) is 19.3. The lowest BCUT2D eigenvalue weighted by atomic mass is 10.1. The lowest BCUT2D eigenvalue weighted by Gasteiger charge is -2.41. The quantitative estimate of drug-likeness (QED) is 0.764. The number of aliphatic hydroxyl groups excluding tert-OH is 1. The van der Waals surface area contributed by atoms with E-state index in [1.807, 2.05) is 0 Å². The van der Waals surface area contributed by atoms with Crippen molar-refractivity contribution in [2.75, 3.05) is 26.2 Å². The van der Waals surface area contributed by atoms with Gasteiger partial charge in [-0.2, -0.15) is 5.10 Å². The molecule has 1 aromatic carbocycles. The zero-order valence-corrected chi connectivity index (χ0v) is 16.1. The summed E-state index contributed by atoms with van der Waals surface area (Å²) in [6, 6.07) is 13.2. The number of piperazine rings is 1. The first-order chi connectivity index (χ1) is 12.6. The number of rotatable bonds is 8. The van der Waals surface area contributed by atoms with Crippen LogP contribution >= 0.6 is 0 Å². The summed E-state index contributed by atoms with van der Waals surface area (Å²) in [5, 5.41) is 17.2. The molecule has 0 aliphatic carbocycles. The van der Waals surface area contributed by atoms with Crippen LogP contribution in [0.5, 0.6) is 0 Å². The van der Waals surface area contributed by atoms with E-state index < -0.39 is 0 Å². The second kappa shape index (κ2) is 9.31. The van der Waals surface area contributed by atoms with Crippen molar-refractivity contribution in [3.8, 4) is 0 Å². The average molecular weight is 357 g/mol. The molecule has 1 aromatic heterocycles. The molecule has 0 bridgehead atoms. The van der Waals surface area contributed by atoms with Crippen LogP contribution in [-0.4, -0.2) is 57.4 Å². The van der Waals surface area contributed by atoms with Crippen LogP contribution in [0.15, 0.2) is 36.4 Å². The highest BCUT2D eigenvalue weighted by atomic mass is 16.3. The van der Waals surface area contributed by atoms with Crippen LogP contribution in [0.4, 0.5) is 0 Å². The molecule has 2 N–H and O–H groups in total. The molecule has 2 aromatic rings. The van der Waals surface area contributed by atoms with Crippen molar-refractivity contribution >= 4 is 0 Å². The smallest absolute Gasteiger partial charge is 0.0628 e. The van der Waals surface area contributed by atoms with E-state index in [-0.39, 0.29) is 6.61 Å². The number of hydrogen-bond acceptors (Lipinski definition) is 4. The minimum Gasteiger partial charge on any atom is -0.396 e. The molecule has 0 spiro atoms. The van der Waals surface area contributed by atoms with Gasteiger partial charge >= 0.3 is 0 Å². The third-order valence-electron chi connectivity index (χ3n) is 5.07. The van der Waals surface area contributed by atoms with Crippen LogP contribution in [0.2, 0.25) is 0 Å². The average Bonchev–Trinajstić information content (AvgIpc) is 3.04. The highest BCUT2D eigenvalue weighted by Gasteiger charge is 2.26. The van der Waals surface area contributed by atoms with Gasteiger partial charge in [0, 0.05) is 51.1 Å². The fourth-order valence-corrected chi connectivity index (χ4v) is 3.80. The van der Waals surface area contributed by atoms with E-state index in [1.165, 1.54) is 11.3 Å². The minimum absolute atomic E-state index is 0.242. The van der Waals surface area contributed by atoms with Gasteiger partial charge in [-0.1, -0.05) is 44.2 Å². The maximum atomic E-state index is 9.50. The van der Waals surface area contributed by atoms with E-state index in [1.54, 1.807) is 0 Å². The van der Waals surface area contributed by atoms with Gasteiger partial charge in [-0.05, 0) is 30.4 Å². The van der Waals surface area contributed by atoms with Gasteiger partial charge in [0.2, 0.25) is 0 Å². The SMILES string of the molecule is CC(C)Cc1cc(CN2CCN(Cc3ccccc3)[C@@H](CCO)C2)[nH]n1. The first kappa shape index (κ1) is 19.1. The molecule has 3 rings (SSSR count). The summed E-state index contributed by atoms with van der Waals surface area (Å²) in [4.78, 5) is 4.99. The Kier molecular flexibility index (Phi) is 6.83. The first-order valence-corrected chi connectivity index (χ1v) is 9.78. The molecule has 0 saturated carbocycles. The van der Waals surface area contributed by atoms with Crippen LogP contribution in [0.3, 0.4) is 0 Å². The number of benzene rings is 1. The zero-order valence-electron chi connectivity index (χ0n) is 16.1. The van der Waals surface area contributed by atoms with Crippen molar-refractivity contribution < 1.29 is 5.11 Å². The van der Waals surface area contributed by atoms with Crippen molar-refractivity contribution in [2.24, 2.45) is 5.92 Å². The third-order valence-corrected chi connectivity index (χ3v) is 5.07. The second-order valence-corrected chi connectivity index (χ2v) is 7.84. The van der Waals surface area contributed by atoms with Crippen molar-refractivity contribution in [3.63, 3.8) is 0 Å². The molecule has 5 heteroatoms. The highest BCUT2D eigenvalue weighted by molar-refractivity contribution is 5.15. The number of H-pyrrole nitrogens is 1. The number of hydrogen-bond donors (Lipinski definition) is 2. The first-order valence-electron chi connectivity index (χ1n) is 9.78. The number of aromatic nitrogens is 2. The molecule has 0 unspecified atom stereocenters. The summed E-state index contributed by atoms with van der Waals surface area (Å²) in [7, 11) is 0. The molecular weight excluding hydrogens is 324 g/mol. The van der Waals surface area contributed by atoms with Crippen LogP contribution in [0, 0.1) is 5.92 Å². The lowest BCUT2D eigenvalue weighted by molar-refractivity contribution is 0.0494. The Morgan fingerprint density at radius 2 is 2.00 bits per heavy atom. The van der Waals surface area contributed by atoms with Crippen LogP contribution in [0.25, 0.3) is 0 Å². The standard InChI is InChI=1S/C21H32N4O/c1-17(2)12-19-13-20(23-22-19)15-24-9-10-25(21(16-24)8-11-26)14-18-6-4-3-5-7-18/h3-7,13,17,21,26H,8-12,14-16H2,1-2H3,(H,22,23)/t21-/m0/s1. The van der Waals surface area contributed by atoms with Crippen molar-refractivity contribution in [1.82, 2.24) is 20.0 Å². The highest BCUT2D eigenvalue weighted by Crippen LogP contribution is 2.18. The van der Waals surface area contributed by atoms with Gasteiger partial charge in [-0.25, -0.2) is 0 Å². The molecular formula is C21H32N4O. The van der Waals surface area contributed by atoms with Crippen molar-refractivity contribution in [2.45, 2.75) is 45.8 Å². The lowest BCUT2D eigenvalue weighted by Crippen LogP contribution is -2.52. The monoisotopic (exact) mass is 356 g/mol. The number of aliphatic hydroxyl groups is 1. The van der Waals surface area contributed by atoms with Gasteiger partial charge in [0.1, 0.15) is 0 Å². The Morgan fingerprint density at radius 3 is 2.73 bits per heavy atom. The van der Waals surface area contributed by atoms with Gasteiger partial charge in [0.25, 0.3) is 0 Å². The van der Waals surface area contributed by atoms with Gasteiger partial charge in [0.05, 0.1) is 5.69 Å².